The summed E-state index contributed by atoms with van der Waals surface area (Å²) in [5.41, 5.74) is 2.12. The number of aryl methyl sites for hydroxylation is 1. The van der Waals surface area contributed by atoms with E-state index < -0.39 is 0 Å². The zero-order valence-electron chi connectivity index (χ0n) is 18.1. The average Bonchev–Trinajstić information content (AvgIpc) is 3.15. The van der Waals surface area contributed by atoms with Crippen molar-refractivity contribution in [1.29, 1.82) is 0 Å². The molecular formula is C23H29ClFN3OS2. The lowest BCUT2D eigenvalue weighted by molar-refractivity contribution is -0.118. The molecule has 0 aliphatic heterocycles. The molecular weight excluding hydrogens is 453 g/mol. The van der Waals surface area contributed by atoms with Crippen LogP contribution in [-0.2, 0) is 4.79 Å². The first-order chi connectivity index (χ1) is 14.5. The molecule has 0 N–H and O–H groups in total. The number of nitrogens with zero attached hydrogens (tertiary/aromatic N) is 3. The van der Waals surface area contributed by atoms with Crippen molar-refractivity contribution >= 4 is 56.8 Å². The Morgan fingerprint density at radius 3 is 2.48 bits per heavy atom. The third kappa shape index (κ3) is 7.17. The lowest BCUT2D eigenvalue weighted by Crippen LogP contribution is -2.39. The lowest BCUT2D eigenvalue weighted by Gasteiger charge is -2.24. The number of carbonyl (C=O) groups excluding carboxylic acids is 1. The number of aromatic nitrogens is 1. The average molecular weight is 482 g/mol. The molecule has 1 heterocycles. The monoisotopic (exact) mass is 481 g/mol. The van der Waals surface area contributed by atoms with Crippen LogP contribution < -0.4 is 4.90 Å². The number of amides is 1. The van der Waals surface area contributed by atoms with Crippen molar-refractivity contribution in [2.45, 2.75) is 32.1 Å². The number of rotatable bonds is 10. The summed E-state index contributed by atoms with van der Waals surface area (Å²) in [4.78, 5) is 23.0. The highest BCUT2D eigenvalue weighted by molar-refractivity contribution is 7.99. The molecule has 1 amide bonds. The second kappa shape index (κ2) is 12.4. The van der Waals surface area contributed by atoms with E-state index in [1.807, 2.05) is 17.0 Å². The number of likely N-dealkylation sites (N-methyl/N-ethyl adjacent to an activating group) is 1. The summed E-state index contributed by atoms with van der Waals surface area (Å²) in [5, 5.41) is 0.763. The van der Waals surface area contributed by atoms with Crippen molar-refractivity contribution in [2.24, 2.45) is 0 Å². The van der Waals surface area contributed by atoms with Crippen LogP contribution in [0.2, 0.25) is 0 Å². The molecule has 4 nitrogen and oxygen atoms in total. The number of anilines is 1. The Hall–Kier alpha value is -1.67. The first kappa shape index (κ1) is 25.6. The number of hydrogen-bond donors (Lipinski definition) is 0. The predicted octanol–water partition coefficient (Wildman–Crippen LogP) is 6.02. The van der Waals surface area contributed by atoms with Gasteiger partial charge in [-0.25, -0.2) is 9.37 Å². The smallest absolute Gasteiger partial charge is 0.229 e. The van der Waals surface area contributed by atoms with E-state index in [1.54, 1.807) is 35.2 Å². The second-order valence-corrected chi connectivity index (χ2v) is 9.27. The molecule has 0 aliphatic rings. The van der Waals surface area contributed by atoms with E-state index in [4.69, 9.17) is 4.98 Å². The van der Waals surface area contributed by atoms with E-state index >= 15 is 0 Å². The van der Waals surface area contributed by atoms with E-state index in [0.29, 0.717) is 18.7 Å². The van der Waals surface area contributed by atoms with Gasteiger partial charge in [-0.05, 0) is 62.0 Å². The standard InChI is InChI=1S/C23H28FN3OS2.ClH/c1-4-26(5-2)13-14-27(23-25-20-11-6-17(3)16-21(20)30-23)22(28)12-15-29-19-9-7-18(24)8-10-19;/h6-11,16H,4-5,12-15H2,1-3H3;1H. The van der Waals surface area contributed by atoms with Gasteiger partial charge in [0.2, 0.25) is 5.91 Å². The largest absolute Gasteiger partial charge is 0.302 e. The SMILES string of the molecule is CCN(CC)CCN(C(=O)CCSc1ccc(F)cc1)c1nc2ccc(C)cc2s1.Cl. The van der Waals surface area contributed by atoms with Crippen LogP contribution in [0.1, 0.15) is 25.8 Å². The van der Waals surface area contributed by atoms with Crippen LogP contribution in [0.15, 0.2) is 47.4 Å². The second-order valence-electron chi connectivity index (χ2n) is 7.09. The summed E-state index contributed by atoms with van der Waals surface area (Å²) in [7, 11) is 0. The van der Waals surface area contributed by atoms with E-state index in [-0.39, 0.29) is 24.1 Å². The molecule has 0 radical (unpaired) electrons. The van der Waals surface area contributed by atoms with Gasteiger partial charge in [-0.15, -0.1) is 24.2 Å². The van der Waals surface area contributed by atoms with Crippen LogP contribution in [0.4, 0.5) is 9.52 Å². The van der Waals surface area contributed by atoms with Crippen LogP contribution >= 0.6 is 35.5 Å². The number of fused-ring (bicyclic) bond motifs is 1. The molecule has 0 saturated carbocycles. The summed E-state index contributed by atoms with van der Waals surface area (Å²) in [5.74, 6) is 0.479. The Balaban J connectivity index is 0.00000341. The minimum absolute atomic E-state index is 0. The lowest BCUT2D eigenvalue weighted by atomic mass is 10.2. The van der Waals surface area contributed by atoms with Crippen LogP contribution in [0.3, 0.4) is 0 Å². The maximum absolute atomic E-state index is 13.1. The van der Waals surface area contributed by atoms with Gasteiger partial charge in [-0.2, -0.15) is 0 Å². The molecule has 8 heteroatoms. The van der Waals surface area contributed by atoms with Gasteiger partial charge in [-0.3, -0.25) is 9.69 Å². The fraction of sp³-hybridized carbons (Fsp3) is 0.391. The van der Waals surface area contributed by atoms with Crippen LogP contribution in [0.25, 0.3) is 10.2 Å². The Morgan fingerprint density at radius 2 is 1.81 bits per heavy atom. The zero-order valence-corrected chi connectivity index (χ0v) is 20.6. The number of thioether (sulfide) groups is 1. The highest BCUT2D eigenvalue weighted by Crippen LogP contribution is 2.30. The van der Waals surface area contributed by atoms with Crippen molar-refractivity contribution in [1.82, 2.24) is 9.88 Å². The van der Waals surface area contributed by atoms with E-state index in [0.717, 1.165) is 39.9 Å². The van der Waals surface area contributed by atoms with Crippen molar-refractivity contribution in [2.75, 3.05) is 36.8 Å². The molecule has 31 heavy (non-hydrogen) atoms. The Labute approximate surface area is 198 Å². The third-order valence-corrected chi connectivity index (χ3v) is 7.05. The quantitative estimate of drug-likeness (QED) is 0.331. The van der Waals surface area contributed by atoms with Gasteiger partial charge in [0.1, 0.15) is 5.82 Å². The molecule has 1 aromatic heterocycles. The molecule has 0 fully saturated rings. The van der Waals surface area contributed by atoms with E-state index in [1.165, 1.54) is 17.7 Å². The van der Waals surface area contributed by atoms with Gasteiger partial charge in [0.15, 0.2) is 5.13 Å². The van der Waals surface area contributed by atoms with E-state index in [9.17, 15) is 9.18 Å². The predicted molar refractivity (Wildman–Crippen MR) is 133 cm³/mol. The number of hydrogen-bond acceptors (Lipinski definition) is 5. The zero-order chi connectivity index (χ0) is 21.5. The van der Waals surface area contributed by atoms with Crippen LogP contribution in [-0.4, -0.2) is 47.7 Å². The van der Waals surface area contributed by atoms with Crippen LogP contribution in [0, 0.1) is 12.7 Å². The third-order valence-electron chi connectivity index (χ3n) is 5.00. The fourth-order valence-corrected chi connectivity index (χ4v) is 5.11. The van der Waals surface area contributed by atoms with Crippen molar-refractivity contribution in [3.63, 3.8) is 0 Å². The number of benzene rings is 2. The van der Waals surface area contributed by atoms with Crippen molar-refractivity contribution < 1.29 is 9.18 Å². The summed E-state index contributed by atoms with van der Waals surface area (Å²) in [6.45, 7) is 9.69. The van der Waals surface area contributed by atoms with Crippen LogP contribution in [0.5, 0.6) is 0 Å². The minimum atomic E-state index is -0.246. The maximum Gasteiger partial charge on any atom is 0.229 e. The maximum atomic E-state index is 13.1. The van der Waals surface area contributed by atoms with Gasteiger partial charge >= 0.3 is 0 Å². The molecule has 3 aromatic rings. The summed E-state index contributed by atoms with van der Waals surface area (Å²) in [6, 6.07) is 12.6. The minimum Gasteiger partial charge on any atom is -0.302 e. The molecule has 0 saturated heterocycles. The number of thiazole rings is 1. The van der Waals surface area contributed by atoms with Gasteiger partial charge < -0.3 is 4.90 Å². The summed E-state index contributed by atoms with van der Waals surface area (Å²) < 4.78 is 14.2. The molecule has 0 bridgehead atoms. The normalized spacial score (nSPS) is 11.0. The Morgan fingerprint density at radius 1 is 1.10 bits per heavy atom. The summed E-state index contributed by atoms with van der Waals surface area (Å²) in [6.07, 6.45) is 0.412. The first-order valence-electron chi connectivity index (χ1n) is 10.3. The van der Waals surface area contributed by atoms with Gasteiger partial charge in [0, 0.05) is 30.2 Å². The topological polar surface area (TPSA) is 36.4 Å². The summed E-state index contributed by atoms with van der Waals surface area (Å²) >= 11 is 3.14. The van der Waals surface area contributed by atoms with Gasteiger partial charge in [-0.1, -0.05) is 31.3 Å². The highest BCUT2D eigenvalue weighted by atomic mass is 35.5. The first-order valence-corrected chi connectivity index (χ1v) is 12.1. The van der Waals surface area contributed by atoms with Crippen molar-refractivity contribution in [3.8, 4) is 0 Å². The molecule has 3 rings (SSSR count). The number of carbonyl (C=O) groups is 1. The fourth-order valence-electron chi connectivity index (χ4n) is 3.17. The van der Waals surface area contributed by atoms with Gasteiger partial charge in [0.25, 0.3) is 0 Å². The van der Waals surface area contributed by atoms with Gasteiger partial charge in [0.05, 0.1) is 10.2 Å². The Kier molecular flexibility index (Phi) is 10.2. The highest BCUT2D eigenvalue weighted by Gasteiger charge is 2.20. The molecule has 0 unspecified atom stereocenters. The Bertz CT molecular complexity index is 977. The molecule has 2 aromatic carbocycles. The number of halogens is 2. The molecule has 0 spiro atoms. The molecule has 168 valence electrons. The van der Waals surface area contributed by atoms with Crippen molar-refractivity contribution in [3.05, 3.63) is 53.8 Å². The molecule has 0 aliphatic carbocycles. The molecule has 0 atom stereocenters. The van der Waals surface area contributed by atoms with E-state index in [2.05, 4.69) is 31.7 Å².